The Morgan fingerprint density at radius 1 is 1.10 bits per heavy atom. The summed E-state index contributed by atoms with van der Waals surface area (Å²) in [5.74, 6) is -3.06. The molecule has 2 atom stereocenters. The number of carbonyl (C=O) groups excluding carboxylic acids is 3. The third-order valence-corrected chi connectivity index (χ3v) is 5.39. The van der Waals surface area contributed by atoms with Crippen LogP contribution in [-0.2, 0) is 19.1 Å². The first kappa shape index (κ1) is 23.6. The minimum atomic E-state index is -1.29. The minimum Gasteiger partial charge on any atom is -0.468 e. The molecule has 1 amide bonds. The molecule has 6 nitrogen and oxygen atoms in total. The second-order valence-electron chi connectivity index (χ2n) is 7.47. The van der Waals surface area contributed by atoms with Crippen molar-refractivity contribution < 1.29 is 28.2 Å². The summed E-state index contributed by atoms with van der Waals surface area (Å²) in [6.07, 6.45) is 6.85. The number of Topliss-reactive ketones (excluding diaryl/α,β-unsaturated/α-hetero) is 1. The fourth-order valence-corrected chi connectivity index (χ4v) is 3.90. The number of methoxy groups -OCH3 is 2. The van der Waals surface area contributed by atoms with E-state index < -0.39 is 35.6 Å². The number of nitrogens with zero attached hydrogens (tertiary/aromatic N) is 1. The van der Waals surface area contributed by atoms with Gasteiger partial charge in [-0.2, -0.15) is 0 Å². The SMILES string of the molecule is CCCCCCCC1=Cc2ccc(F)cc2C(C(C(C)=O)C(=O)OC)N1C(=O)OC. The normalized spacial score (nSPS) is 16.4. The maximum absolute atomic E-state index is 14.1. The predicted octanol–water partition coefficient (Wildman–Crippen LogP) is 5.03. The van der Waals surface area contributed by atoms with Gasteiger partial charge < -0.3 is 9.47 Å². The average molecular weight is 419 g/mol. The number of unbranched alkanes of at least 4 members (excludes halogenated alkanes) is 4. The highest BCUT2D eigenvalue weighted by atomic mass is 19.1. The number of carbonyl (C=O) groups is 3. The maximum Gasteiger partial charge on any atom is 0.414 e. The summed E-state index contributed by atoms with van der Waals surface area (Å²) < 4.78 is 23.9. The van der Waals surface area contributed by atoms with Gasteiger partial charge in [0.1, 0.15) is 17.5 Å². The molecular formula is C23H30FNO5. The lowest BCUT2D eigenvalue weighted by Crippen LogP contribution is -2.45. The second kappa shape index (κ2) is 10.9. The van der Waals surface area contributed by atoms with E-state index in [2.05, 4.69) is 6.92 Å². The number of ether oxygens (including phenoxy) is 2. The first-order valence-electron chi connectivity index (χ1n) is 10.3. The third kappa shape index (κ3) is 5.26. The monoisotopic (exact) mass is 419 g/mol. The topological polar surface area (TPSA) is 72.9 Å². The van der Waals surface area contributed by atoms with Gasteiger partial charge in [0, 0.05) is 5.70 Å². The van der Waals surface area contributed by atoms with Crippen LogP contribution in [0.5, 0.6) is 0 Å². The van der Waals surface area contributed by atoms with Gasteiger partial charge in [-0.05, 0) is 49.1 Å². The van der Waals surface area contributed by atoms with Crippen molar-refractivity contribution in [2.45, 2.75) is 58.4 Å². The Morgan fingerprint density at radius 3 is 2.40 bits per heavy atom. The number of allylic oxidation sites excluding steroid dienone is 1. The fourth-order valence-electron chi connectivity index (χ4n) is 3.90. The standard InChI is InChI=1S/C23H30FNO5/c1-5-6-7-8-9-10-18-13-16-11-12-17(24)14-19(16)21(25(18)23(28)30-4)20(15(2)26)22(27)29-3/h11-14,20-21H,5-10H2,1-4H3. The van der Waals surface area contributed by atoms with Crippen LogP contribution in [0.15, 0.2) is 23.9 Å². The molecule has 0 spiro atoms. The number of fused-ring (bicyclic) bond motifs is 1. The summed E-state index contributed by atoms with van der Waals surface area (Å²) in [4.78, 5) is 39.0. The summed E-state index contributed by atoms with van der Waals surface area (Å²) in [5, 5.41) is 0. The zero-order valence-electron chi connectivity index (χ0n) is 18.1. The van der Waals surface area contributed by atoms with Gasteiger partial charge in [-0.1, -0.05) is 38.7 Å². The summed E-state index contributed by atoms with van der Waals surface area (Å²) in [6.45, 7) is 3.40. The van der Waals surface area contributed by atoms with E-state index in [0.29, 0.717) is 23.2 Å². The molecule has 2 unspecified atom stereocenters. The molecule has 0 fully saturated rings. The van der Waals surface area contributed by atoms with Gasteiger partial charge in [-0.15, -0.1) is 0 Å². The summed E-state index contributed by atoms with van der Waals surface area (Å²) in [7, 11) is 2.42. The van der Waals surface area contributed by atoms with Gasteiger partial charge in [0.15, 0.2) is 0 Å². The molecule has 7 heteroatoms. The Kier molecular flexibility index (Phi) is 8.57. The first-order chi connectivity index (χ1) is 14.3. The summed E-state index contributed by atoms with van der Waals surface area (Å²) >= 11 is 0. The largest absolute Gasteiger partial charge is 0.468 e. The number of amides is 1. The van der Waals surface area contributed by atoms with Crippen molar-refractivity contribution in [3.05, 3.63) is 40.8 Å². The predicted molar refractivity (Wildman–Crippen MR) is 111 cm³/mol. The maximum atomic E-state index is 14.1. The van der Waals surface area contributed by atoms with Crippen molar-refractivity contribution in [1.29, 1.82) is 0 Å². The highest BCUT2D eigenvalue weighted by Gasteiger charge is 2.44. The lowest BCUT2D eigenvalue weighted by molar-refractivity contribution is -0.151. The quantitative estimate of drug-likeness (QED) is 0.319. The van der Waals surface area contributed by atoms with Crippen molar-refractivity contribution in [3.63, 3.8) is 0 Å². The molecule has 1 aromatic rings. The summed E-state index contributed by atoms with van der Waals surface area (Å²) in [5.41, 5.74) is 1.68. The summed E-state index contributed by atoms with van der Waals surface area (Å²) in [6, 6.07) is 3.13. The Bertz CT molecular complexity index is 820. The van der Waals surface area contributed by atoms with Crippen LogP contribution in [0.25, 0.3) is 6.08 Å². The van der Waals surface area contributed by atoms with Gasteiger partial charge in [0.25, 0.3) is 0 Å². The van der Waals surface area contributed by atoms with Gasteiger partial charge in [0.2, 0.25) is 0 Å². The van der Waals surface area contributed by atoms with Gasteiger partial charge in [0.05, 0.1) is 20.3 Å². The van der Waals surface area contributed by atoms with E-state index in [9.17, 15) is 18.8 Å². The third-order valence-electron chi connectivity index (χ3n) is 5.39. The molecule has 1 aliphatic heterocycles. The number of esters is 1. The fraction of sp³-hybridized carbons (Fsp3) is 0.522. The van der Waals surface area contributed by atoms with E-state index in [0.717, 1.165) is 32.1 Å². The first-order valence-corrected chi connectivity index (χ1v) is 10.3. The van der Waals surface area contributed by atoms with Crippen LogP contribution >= 0.6 is 0 Å². The molecule has 30 heavy (non-hydrogen) atoms. The molecule has 0 aromatic heterocycles. The van der Waals surface area contributed by atoms with Gasteiger partial charge >= 0.3 is 12.1 Å². The van der Waals surface area contributed by atoms with E-state index in [1.54, 1.807) is 12.1 Å². The number of rotatable bonds is 9. The lowest BCUT2D eigenvalue weighted by Gasteiger charge is -2.39. The van der Waals surface area contributed by atoms with E-state index >= 15 is 0 Å². The Balaban J connectivity index is 2.54. The zero-order chi connectivity index (χ0) is 22.3. The molecule has 1 aromatic carbocycles. The van der Waals surface area contributed by atoms with Crippen molar-refractivity contribution >= 4 is 23.9 Å². The van der Waals surface area contributed by atoms with E-state index in [-0.39, 0.29) is 0 Å². The molecule has 0 radical (unpaired) electrons. The zero-order valence-corrected chi connectivity index (χ0v) is 18.1. The van der Waals surface area contributed by atoms with Crippen LogP contribution in [0, 0.1) is 11.7 Å². The van der Waals surface area contributed by atoms with E-state index in [1.165, 1.54) is 38.2 Å². The molecule has 1 aliphatic rings. The molecule has 2 rings (SSSR count). The van der Waals surface area contributed by atoms with Crippen molar-refractivity contribution in [1.82, 2.24) is 4.90 Å². The van der Waals surface area contributed by atoms with Crippen LogP contribution in [-0.4, -0.2) is 37.0 Å². The lowest BCUT2D eigenvalue weighted by atomic mass is 9.83. The number of hydrogen-bond donors (Lipinski definition) is 0. The molecule has 0 aliphatic carbocycles. The Labute approximate surface area is 177 Å². The van der Waals surface area contributed by atoms with E-state index in [4.69, 9.17) is 9.47 Å². The van der Waals surface area contributed by atoms with Crippen LogP contribution in [0.3, 0.4) is 0 Å². The number of ketones is 1. The molecule has 0 N–H and O–H groups in total. The Morgan fingerprint density at radius 2 is 1.80 bits per heavy atom. The number of halogens is 1. The van der Waals surface area contributed by atoms with Gasteiger partial charge in [-0.3, -0.25) is 14.5 Å². The Hall–Kier alpha value is -2.70. The van der Waals surface area contributed by atoms with Crippen LogP contribution in [0.4, 0.5) is 9.18 Å². The molecule has 0 bridgehead atoms. The molecule has 0 saturated heterocycles. The van der Waals surface area contributed by atoms with Crippen molar-refractivity contribution in [3.8, 4) is 0 Å². The van der Waals surface area contributed by atoms with Crippen LogP contribution in [0.1, 0.15) is 69.5 Å². The highest BCUT2D eigenvalue weighted by Crippen LogP contribution is 2.42. The number of hydrogen-bond acceptors (Lipinski definition) is 5. The highest BCUT2D eigenvalue weighted by molar-refractivity contribution is 5.99. The number of benzene rings is 1. The molecule has 1 heterocycles. The van der Waals surface area contributed by atoms with Crippen molar-refractivity contribution in [2.75, 3.05) is 14.2 Å². The molecule has 0 saturated carbocycles. The molecular weight excluding hydrogens is 389 g/mol. The van der Waals surface area contributed by atoms with Crippen LogP contribution < -0.4 is 0 Å². The van der Waals surface area contributed by atoms with Gasteiger partial charge in [-0.25, -0.2) is 9.18 Å². The smallest absolute Gasteiger partial charge is 0.414 e. The average Bonchev–Trinajstić information content (AvgIpc) is 2.72. The van der Waals surface area contributed by atoms with Crippen LogP contribution in [0.2, 0.25) is 0 Å². The van der Waals surface area contributed by atoms with E-state index in [1.807, 2.05) is 0 Å². The second-order valence-corrected chi connectivity index (χ2v) is 7.47. The minimum absolute atomic E-state index is 0.376. The molecule has 164 valence electrons. The van der Waals surface area contributed by atoms with Crippen molar-refractivity contribution in [2.24, 2.45) is 5.92 Å².